The van der Waals surface area contributed by atoms with Gasteiger partial charge < -0.3 is 19.3 Å². The summed E-state index contributed by atoms with van der Waals surface area (Å²) in [5.74, 6) is 0.807. The van der Waals surface area contributed by atoms with Gasteiger partial charge in [-0.1, -0.05) is 0 Å². The highest BCUT2D eigenvalue weighted by Gasteiger charge is 2.50. The van der Waals surface area contributed by atoms with Crippen molar-refractivity contribution in [1.29, 1.82) is 0 Å². The van der Waals surface area contributed by atoms with Gasteiger partial charge in [-0.3, -0.25) is 9.69 Å². The highest BCUT2D eigenvalue weighted by Crippen LogP contribution is 2.40. The van der Waals surface area contributed by atoms with Crippen molar-refractivity contribution in [2.75, 3.05) is 72.2 Å². The molecule has 3 saturated heterocycles. The lowest BCUT2D eigenvalue weighted by molar-refractivity contribution is -0.135. The molecule has 4 rings (SSSR count). The largest absolute Gasteiger partial charge is 0.494 e. The summed E-state index contributed by atoms with van der Waals surface area (Å²) in [5, 5.41) is 0. The molecule has 0 aliphatic carbocycles. The Balaban J connectivity index is 1.17. The van der Waals surface area contributed by atoms with Crippen LogP contribution in [0.4, 0.5) is 4.39 Å². The SMILES string of the molecule is O=C1N(CCN2CCOCC2)CCC12CCN(CCCOc1ccc(F)cc1)C2. The second kappa shape index (κ2) is 9.41. The topological polar surface area (TPSA) is 45.2 Å². The van der Waals surface area contributed by atoms with E-state index in [1.54, 1.807) is 12.1 Å². The number of carbonyl (C=O) groups excluding carboxylic acids is 1. The number of morpholine rings is 1. The maximum Gasteiger partial charge on any atom is 0.230 e. The van der Waals surface area contributed by atoms with E-state index in [4.69, 9.17) is 9.47 Å². The van der Waals surface area contributed by atoms with Crippen LogP contribution in [0.25, 0.3) is 0 Å². The summed E-state index contributed by atoms with van der Waals surface area (Å²) in [4.78, 5) is 20.0. The average molecular weight is 406 g/mol. The van der Waals surface area contributed by atoms with Gasteiger partial charge in [-0.15, -0.1) is 0 Å². The van der Waals surface area contributed by atoms with E-state index in [0.717, 1.165) is 84.8 Å². The molecule has 3 aliphatic rings. The summed E-state index contributed by atoms with van der Waals surface area (Å²) in [5.41, 5.74) is -0.164. The van der Waals surface area contributed by atoms with Gasteiger partial charge in [-0.25, -0.2) is 4.39 Å². The average Bonchev–Trinajstić information content (AvgIpc) is 3.30. The van der Waals surface area contributed by atoms with Crippen LogP contribution >= 0.6 is 0 Å². The number of hydrogen-bond acceptors (Lipinski definition) is 5. The van der Waals surface area contributed by atoms with Gasteiger partial charge in [-0.05, 0) is 50.1 Å². The minimum atomic E-state index is -0.250. The van der Waals surface area contributed by atoms with Crippen LogP contribution in [0, 0.1) is 11.2 Å². The molecule has 7 heteroatoms. The molecule has 29 heavy (non-hydrogen) atoms. The van der Waals surface area contributed by atoms with Gasteiger partial charge in [0.05, 0.1) is 25.2 Å². The first-order chi connectivity index (χ1) is 14.1. The fourth-order valence-corrected chi connectivity index (χ4v) is 4.73. The highest BCUT2D eigenvalue weighted by atomic mass is 19.1. The van der Waals surface area contributed by atoms with E-state index in [1.807, 2.05) is 0 Å². The van der Waals surface area contributed by atoms with Gasteiger partial charge >= 0.3 is 0 Å². The third-order valence-corrected chi connectivity index (χ3v) is 6.52. The third-order valence-electron chi connectivity index (χ3n) is 6.52. The van der Waals surface area contributed by atoms with Crippen molar-refractivity contribution in [3.05, 3.63) is 30.1 Å². The predicted octanol–water partition coefficient (Wildman–Crippen LogP) is 1.85. The van der Waals surface area contributed by atoms with Crippen molar-refractivity contribution < 1.29 is 18.7 Å². The number of halogens is 1. The van der Waals surface area contributed by atoms with Crippen LogP contribution in [0.3, 0.4) is 0 Å². The monoisotopic (exact) mass is 405 g/mol. The van der Waals surface area contributed by atoms with Gasteiger partial charge in [0.25, 0.3) is 0 Å². The van der Waals surface area contributed by atoms with Crippen molar-refractivity contribution in [1.82, 2.24) is 14.7 Å². The predicted molar refractivity (Wildman–Crippen MR) is 108 cm³/mol. The highest BCUT2D eigenvalue weighted by molar-refractivity contribution is 5.85. The number of ether oxygens (including phenoxy) is 2. The quantitative estimate of drug-likeness (QED) is 0.618. The number of hydrogen-bond donors (Lipinski definition) is 0. The first-order valence-electron chi connectivity index (χ1n) is 10.8. The Morgan fingerprint density at radius 3 is 2.52 bits per heavy atom. The molecule has 1 aromatic carbocycles. The molecule has 0 N–H and O–H groups in total. The van der Waals surface area contributed by atoms with Gasteiger partial charge in [-0.2, -0.15) is 0 Å². The van der Waals surface area contributed by atoms with Crippen LogP contribution in [0.15, 0.2) is 24.3 Å². The second-order valence-corrected chi connectivity index (χ2v) is 8.46. The minimum absolute atomic E-state index is 0.164. The van der Waals surface area contributed by atoms with Crippen molar-refractivity contribution in [2.45, 2.75) is 19.3 Å². The maximum atomic E-state index is 13.1. The zero-order valence-electron chi connectivity index (χ0n) is 17.2. The Bertz CT molecular complexity index is 680. The Hall–Kier alpha value is -1.70. The number of likely N-dealkylation sites (tertiary alicyclic amines) is 2. The first-order valence-corrected chi connectivity index (χ1v) is 10.8. The van der Waals surface area contributed by atoms with Crippen molar-refractivity contribution in [3.63, 3.8) is 0 Å². The molecule has 3 aliphatic heterocycles. The molecule has 3 fully saturated rings. The smallest absolute Gasteiger partial charge is 0.230 e. The van der Waals surface area contributed by atoms with Crippen LogP contribution in [-0.4, -0.2) is 92.8 Å². The lowest BCUT2D eigenvalue weighted by atomic mass is 9.85. The lowest BCUT2D eigenvalue weighted by Crippen LogP contribution is -2.43. The van der Waals surface area contributed by atoms with Gasteiger partial charge in [0.1, 0.15) is 11.6 Å². The zero-order chi connectivity index (χ0) is 20.1. The standard InChI is InChI=1S/C22H32FN3O3/c23-19-2-4-20(5-3-19)29-15-1-8-25-9-6-22(18-25)7-10-26(21(22)27)12-11-24-13-16-28-17-14-24/h2-5H,1,6-18H2. The fourth-order valence-electron chi connectivity index (χ4n) is 4.73. The Morgan fingerprint density at radius 1 is 0.966 bits per heavy atom. The van der Waals surface area contributed by atoms with Gasteiger partial charge in [0, 0.05) is 45.8 Å². The summed E-state index contributed by atoms with van der Waals surface area (Å²) in [6.45, 7) is 9.64. The zero-order valence-corrected chi connectivity index (χ0v) is 17.2. The van der Waals surface area contributed by atoms with Crippen LogP contribution in [0.5, 0.6) is 5.75 Å². The normalized spacial score (nSPS) is 26.0. The van der Waals surface area contributed by atoms with E-state index in [2.05, 4.69) is 14.7 Å². The molecule has 1 unspecified atom stereocenters. The fraction of sp³-hybridized carbons (Fsp3) is 0.682. The van der Waals surface area contributed by atoms with Crippen molar-refractivity contribution >= 4 is 5.91 Å². The molecule has 1 spiro atoms. The van der Waals surface area contributed by atoms with E-state index < -0.39 is 0 Å². The van der Waals surface area contributed by atoms with Gasteiger partial charge in [0.15, 0.2) is 0 Å². The Morgan fingerprint density at radius 2 is 1.72 bits per heavy atom. The minimum Gasteiger partial charge on any atom is -0.494 e. The van der Waals surface area contributed by atoms with Crippen molar-refractivity contribution in [2.24, 2.45) is 5.41 Å². The van der Waals surface area contributed by atoms with E-state index in [0.29, 0.717) is 18.3 Å². The molecule has 1 atom stereocenters. The molecule has 0 saturated carbocycles. The lowest BCUT2D eigenvalue weighted by Gasteiger charge is -2.29. The summed E-state index contributed by atoms with van der Waals surface area (Å²) in [6, 6.07) is 6.14. The molecule has 160 valence electrons. The molecule has 0 aromatic heterocycles. The molecule has 3 heterocycles. The molecule has 0 bridgehead atoms. The number of carbonyl (C=O) groups is 1. The molecule has 6 nitrogen and oxygen atoms in total. The number of amides is 1. The molecule has 0 radical (unpaired) electrons. The maximum absolute atomic E-state index is 13.1. The van der Waals surface area contributed by atoms with E-state index in [9.17, 15) is 9.18 Å². The number of rotatable bonds is 8. The summed E-state index contributed by atoms with van der Waals surface area (Å²) in [7, 11) is 0. The summed E-state index contributed by atoms with van der Waals surface area (Å²) >= 11 is 0. The third kappa shape index (κ3) is 5.08. The van der Waals surface area contributed by atoms with E-state index in [-0.39, 0.29) is 11.2 Å². The van der Waals surface area contributed by atoms with Crippen LogP contribution in [0.1, 0.15) is 19.3 Å². The van der Waals surface area contributed by atoms with Crippen LogP contribution in [0.2, 0.25) is 0 Å². The van der Waals surface area contributed by atoms with E-state index in [1.165, 1.54) is 12.1 Å². The number of benzene rings is 1. The first kappa shape index (κ1) is 20.6. The van der Waals surface area contributed by atoms with Crippen LogP contribution < -0.4 is 4.74 Å². The summed E-state index contributed by atoms with van der Waals surface area (Å²) < 4.78 is 24.0. The number of nitrogens with zero attached hydrogens (tertiary/aromatic N) is 3. The summed E-state index contributed by atoms with van der Waals surface area (Å²) in [6.07, 6.45) is 2.86. The molecule has 1 amide bonds. The molecular formula is C22H32FN3O3. The molecule has 1 aromatic rings. The van der Waals surface area contributed by atoms with Crippen LogP contribution in [-0.2, 0) is 9.53 Å². The van der Waals surface area contributed by atoms with Crippen molar-refractivity contribution in [3.8, 4) is 5.75 Å². The Kier molecular flexibility index (Phi) is 6.67. The van der Waals surface area contributed by atoms with E-state index >= 15 is 0 Å². The second-order valence-electron chi connectivity index (χ2n) is 8.46. The van der Waals surface area contributed by atoms with Gasteiger partial charge in [0.2, 0.25) is 5.91 Å². The Labute approximate surface area is 172 Å². The molecular weight excluding hydrogens is 373 g/mol.